The van der Waals surface area contributed by atoms with Gasteiger partial charge in [0.25, 0.3) is 0 Å². The number of amides is 2. The summed E-state index contributed by atoms with van der Waals surface area (Å²) in [5, 5.41) is 5.70. The molecule has 0 aliphatic heterocycles. The van der Waals surface area contributed by atoms with Crippen LogP contribution in [0.25, 0.3) is 0 Å². The lowest BCUT2D eigenvalue weighted by atomic mass is 10.1. The third-order valence-corrected chi connectivity index (χ3v) is 3.58. The zero-order valence-electron chi connectivity index (χ0n) is 13.5. The number of anilines is 1. The number of benzene rings is 2. The Hall–Kier alpha value is -2.86. The minimum Gasteiger partial charge on any atom is -0.465 e. The maximum Gasteiger partial charge on any atom is 0.339 e. The lowest BCUT2D eigenvalue weighted by Crippen LogP contribution is -2.34. The van der Waals surface area contributed by atoms with E-state index in [1.807, 2.05) is 0 Å². The monoisotopic (exact) mass is 360 g/mol. The largest absolute Gasteiger partial charge is 0.465 e. The second-order valence-electron chi connectivity index (χ2n) is 5.17. The second-order valence-corrected chi connectivity index (χ2v) is 5.60. The van der Waals surface area contributed by atoms with Gasteiger partial charge in [-0.25, -0.2) is 4.79 Å². The zero-order valence-corrected chi connectivity index (χ0v) is 14.3. The van der Waals surface area contributed by atoms with E-state index < -0.39 is 11.9 Å². The summed E-state index contributed by atoms with van der Waals surface area (Å²) in [5.74, 6) is -1.29. The molecule has 2 aromatic carbocycles. The highest BCUT2D eigenvalue weighted by atomic mass is 35.5. The van der Waals surface area contributed by atoms with Crippen molar-refractivity contribution in [3.63, 3.8) is 0 Å². The highest BCUT2D eigenvalue weighted by Gasteiger charge is 2.13. The molecule has 25 heavy (non-hydrogen) atoms. The molecule has 2 rings (SSSR count). The van der Waals surface area contributed by atoms with E-state index in [-0.39, 0.29) is 24.4 Å². The summed E-state index contributed by atoms with van der Waals surface area (Å²) in [6.45, 7) is -0.206. The van der Waals surface area contributed by atoms with Crippen molar-refractivity contribution >= 4 is 35.1 Å². The summed E-state index contributed by atoms with van der Waals surface area (Å²) in [6.07, 6.45) is 0.142. The van der Waals surface area contributed by atoms with Crippen molar-refractivity contribution in [3.05, 3.63) is 64.7 Å². The number of esters is 1. The van der Waals surface area contributed by atoms with E-state index in [9.17, 15) is 14.4 Å². The fourth-order valence-electron chi connectivity index (χ4n) is 2.10. The van der Waals surface area contributed by atoms with Gasteiger partial charge < -0.3 is 15.4 Å². The van der Waals surface area contributed by atoms with E-state index >= 15 is 0 Å². The second kappa shape index (κ2) is 8.84. The van der Waals surface area contributed by atoms with Crippen LogP contribution < -0.4 is 10.6 Å². The van der Waals surface area contributed by atoms with Gasteiger partial charge in [-0.2, -0.15) is 0 Å². The van der Waals surface area contributed by atoms with Crippen LogP contribution in [0.5, 0.6) is 0 Å². The third-order valence-electron chi connectivity index (χ3n) is 3.33. The third kappa shape index (κ3) is 5.61. The molecule has 0 aliphatic rings. The van der Waals surface area contributed by atoms with Crippen molar-refractivity contribution in [2.45, 2.75) is 6.42 Å². The van der Waals surface area contributed by atoms with Crippen molar-refractivity contribution in [2.24, 2.45) is 0 Å². The highest BCUT2D eigenvalue weighted by molar-refractivity contribution is 6.30. The molecule has 2 N–H and O–H groups in total. The summed E-state index contributed by atoms with van der Waals surface area (Å²) < 4.78 is 4.66. The summed E-state index contributed by atoms with van der Waals surface area (Å²) >= 11 is 5.79. The highest BCUT2D eigenvalue weighted by Crippen LogP contribution is 2.15. The van der Waals surface area contributed by atoms with Crippen LogP contribution in [0, 0.1) is 0 Å². The Kier molecular flexibility index (Phi) is 6.54. The Labute approximate surface area is 150 Å². The summed E-state index contributed by atoms with van der Waals surface area (Å²) in [6, 6.07) is 13.3. The predicted molar refractivity (Wildman–Crippen MR) is 94.6 cm³/mol. The lowest BCUT2D eigenvalue weighted by Gasteiger charge is -2.10. The van der Waals surface area contributed by atoms with Crippen LogP contribution in [-0.2, 0) is 20.7 Å². The Morgan fingerprint density at radius 1 is 1.00 bits per heavy atom. The van der Waals surface area contributed by atoms with E-state index in [2.05, 4.69) is 15.4 Å². The number of methoxy groups -OCH3 is 1. The average Bonchev–Trinajstić information content (AvgIpc) is 2.62. The summed E-state index contributed by atoms with van der Waals surface area (Å²) in [4.78, 5) is 35.5. The van der Waals surface area contributed by atoms with E-state index in [0.717, 1.165) is 5.56 Å². The first kappa shape index (κ1) is 18.5. The molecule has 0 unspecified atom stereocenters. The first-order chi connectivity index (χ1) is 12.0. The number of halogens is 1. The molecule has 6 nitrogen and oxygen atoms in total. The number of nitrogens with one attached hydrogen (secondary N) is 2. The lowest BCUT2D eigenvalue weighted by molar-refractivity contribution is -0.123. The molecule has 2 aromatic rings. The molecule has 0 radical (unpaired) electrons. The molecule has 0 aromatic heterocycles. The van der Waals surface area contributed by atoms with Crippen LogP contribution in [0.15, 0.2) is 48.5 Å². The number of carbonyl (C=O) groups excluding carboxylic acids is 3. The quantitative estimate of drug-likeness (QED) is 0.775. The molecule has 0 saturated heterocycles. The van der Waals surface area contributed by atoms with Gasteiger partial charge in [0.1, 0.15) is 0 Å². The fourth-order valence-corrected chi connectivity index (χ4v) is 2.23. The maximum atomic E-state index is 12.0. The maximum absolute atomic E-state index is 12.0. The predicted octanol–water partition coefficient (Wildman–Crippen LogP) is 2.42. The van der Waals surface area contributed by atoms with E-state index in [0.29, 0.717) is 10.7 Å². The van der Waals surface area contributed by atoms with Crippen LogP contribution in [0.2, 0.25) is 5.02 Å². The van der Waals surface area contributed by atoms with Gasteiger partial charge in [-0.05, 0) is 29.8 Å². The van der Waals surface area contributed by atoms with Gasteiger partial charge in [0.15, 0.2) is 0 Å². The van der Waals surface area contributed by atoms with Crippen LogP contribution in [-0.4, -0.2) is 31.4 Å². The molecule has 0 aliphatic carbocycles. The van der Waals surface area contributed by atoms with Crippen LogP contribution in [0.1, 0.15) is 15.9 Å². The van der Waals surface area contributed by atoms with Crippen molar-refractivity contribution < 1.29 is 19.1 Å². The minimum atomic E-state index is -0.553. The Morgan fingerprint density at radius 3 is 2.36 bits per heavy atom. The molecule has 0 bridgehead atoms. The van der Waals surface area contributed by atoms with Crippen molar-refractivity contribution in [3.8, 4) is 0 Å². The Bertz CT molecular complexity index is 775. The number of ether oxygens (including phenoxy) is 1. The van der Waals surface area contributed by atoms with E-state index in [1.54, 1.807) is 48.5 Å². The molecule has 7 heteroatoms. The van der Waals surface area contributed by atoms with Crippen LogP contribution in [0.4, 0.5) is 5.69 Å². The SMILES string of the molecule is COC(=O)c1ccccc1NC(=O)CNC(=O)Cc1ccc(Cl)cc1. The number of rotatable bonds is 6. The number of para-hydroxylation sites is 1. The summed E-state index contributed by atoms with van der Waals surface area (Å²) in [5.41, 5.74) is 1.36. The van der Waals surface area contributed by atoms with Crippen molar-refractivity contribution in [2.75, 3.05) is 19.0 Å². The summed E-state index contributed by atoms with van der Waals surface area (Å²) in [7, 11) is 1.26. The van der Waals surface area contributed by atoms with Gasteiger partial charge in [0.05, 0.1) is 31.3 Å². The smallest absolute Gasteiger partial charge is 0.339 e. The van der Waals surface area contributed by atoms with Gasteiger partial charge in [0.2, 0.25) is 11.8 Å². The molecular formula is C18H17ClN2O4. The van der Waals surface area contributed by atoms with Gasteiger partial charge in [0, 0.05) is 5.02 Å². The zero-order chi connectivity index (χ0) is 18.2. The number of hydrogen-bond donors (Lipinski definition) is 2. The first-order valence-corrected chi connectivity index (χ1v) is 7.85. The standard InChI is InChI=1S/C18H17ClN2O4/c1-25-18(24)14-4-2-3-5-15(14)21-17(23)11-20-16(22)10-12-6-8-13(19)9-7-12/h2-9H,10-11H2,1H3,(H,20,22)(H,21,23). The molecule has 0 fully saturated rings. The molecule has 0 atom stereocenters. The average molecular weight is 361 g/mol. The first-order valence-electron chi connectivity index (χ1n) is 7.48. The van der Waals surface area contributed by atoms with Gasteiger partial charge >= 0.3 is 5.97 Å². The van der Waals surface area contributed by atoms with Gasteiger partial charge in [-0.1, -0.05) is 35.9 Å². The number of carbonyl (C=O) groups is 3. The van der Waals surface area contributed by atoms with E-state index in [4.69, 9.17) is 11.6 Å². The van der Waals surface area contributed by atoms with Gasteiger partial charge in [-0.15, -0.1) is 0 Å². The van der Waals surface area contributed by atoms with Crippen molar-refractivity contribution in [1.29, 1.82) is 0 Å². The molecular weight excluding hydrogens is 344 g/mol. The molecule has 0 saturated carbocycles. The fraction of sp³-hybridized carbons (Fsp3) is 0.167. The van der Waals surface area contributed by atoms with Crippen LogP contribution in [0.3, 0.4) is 0 Å². The molecule has 130 valence electrons. The normalized spacial score (nSPS) is 10.0. The Morgan fingerprint density at radius 2 is 1.68 bits per heavy atom. The number of hydrogen-bond acceptors (Lipinski definition) is 4. The van der Waals surface area contributed by atoms with Crippen LogP contribution >= 0.6 is 11.6 Å². The van der Waals surface area contributed by atoms with Gasteiger partial charge in [-0.3, -0.25) is 9.59 Å². The molecule has 0 heterocycles. The molecule has 2 amide bonds. The minimum absolute atomic E-state index is 0.142. The topological polar surface area (TPSA) is 84.5 Å². The van der Waals surface area contributed by atoms with Crippen molar-refractivity contribution in [1.82, 2.24) is 5.32 Å². The van der Waals surface area contributed by atoms with E-state index in [1.165, 1.54) is 7.11 Å². The Balaban J connectivity index is 1.87. The molecule has 0 spiro atoms.